The van der Waals surface area contributed by atoms with Crippen LogP contribution in [0.1, 0.15) is 32.1 Å². The quantitative estimate of drug-likeness (QED) is 0.854. The first kappa shape index (κ1) is 11.8. The molecule has 5 heteroatoms. The van der Waals surface area contributed by atoms with Gasteiger partial charge in [0.05, 0.1) is 5.60 Å². The van der Waals surface area contributed by atoms with Crippen molar-refractivity contribution in [1.29, 1.82) is 0 Å². The Hall–Kier alpha value is -0.320. The summed E-state index contributed by atoms with van der Waals surface area (Å²) in [5, 5.41) is 14.0. The number of fused-ring (bicyclic) bond motifs is 1. The SMILES string of the molecule is OC12CCCCC1CN(c1nc(Cl)cs1)CC2. The van der Waals surface area contributed by atoms with E-state index in [9.17, 15) is 5.11 Å². The van der Waals surface area contributed by atoms with Gasteiger partial charge >= 0.3 is 0 Å². The fraction of sp³-hybridized carbons (Fsp3) is 0.750. The van der Waals surface area contributed by atoms with Gasteiger partial charge in [0.15, 0.2) is 5.13 Å². The normalized spacial score (nSPS) is 33.5. The number of aromatic nitrogens is 1. The molecule has 0 spiro atoms. The van der Waals surface area contributed by atoms with E-state index in [4.69, 9.17) is 11.6 Å². The van der Waals surface area contributed by atoms with Crippen LogP contribution < -0.4 is 4.90 Å². The van der Waals surface area contributed by atoms with Gasteiger partial charge < -0.3 is 10.0 Å². The molecule has 3 nitrogen and oxygen atoms in total. The Balaban J connectivity index is 1.75. The van der Waals surface area contributed by atoms with Crippen LogP contribution in [0.25, 0.3) is 0 Å². The van der Waals surface area contributed by atoms with Crippen LogP contribution in [-0.4, -0.2) is 28.8 Å². The van der Waals surface area contributed by atoms with Gasteiger partial charge in [-0.3, -0.25) is 0 Å². The van der Waals surface area contributed by atoms with Gasteiger partial charge in [0.25, 0.3) is 0 Å². The lowest BCUT2D eigenvalue weighted by Gasteiger charge is -2.47. The number of rotatable bonds is 1. The van der Waals surface area contributed by atoms with Gasteiger partial charge in [0.2, 0.25) is 0 Å². The molecule has 2 fully saturated rings. The van der Waals surface area contributed by atoms with Crippen molar-refractivity contribution in [3.63, 3.8) is 0 Å². The lowest BCUT2D eigenvalue weighted by molar-refractivity contribution is -0.0612. The predicted octanol–water partition coefficient (Wildman–Crippen LogP) is 2.93. The number of hydrogen-bond donors (Lipinski definition) is 1. The molecular weight excluding hydrogens is 256 g/mol. The van der Waals surface area contributed by atoms with E-state index in [1.807, 2.05) is 5.38 Å². The molecule has 1 saturated heterocycles. The zero-order valence-corrected chi connectivity index (χ0v) is 11.3. The van der Waals surface area contributed by atoms with E-state index in [0.717, 1.165) is 37.5 Å². The number of anilines is 1. The van der Waals surface area contributed by atoms with Gasteiger partial charge in [0, 0.05) is 24.4 Å². The first-order chi connectivity index (χ1) is 8.17. The molecule has 2 heterocycles. The molecule has 1 aliphatic heterocycles. The fourth-order valence-corrected chi connectivity index (χ4v) is 4.12. The summed E-state index contributed by atoms with van der Waals surface area (Å²) in [5.74, 6) is 0.410. The Morgan fingerprint density at radius 2 is 2.35 bits per heavy atom. The van der Waals surface area contributed by atoms with Crippen molar-refractivity contribution in [3.05, 3.63) is 10.5 Å². The Labute approximate surface area is 110 Å². The van der Waals surface area contributed by atoms with Crippen LogP contribution in [0, 0.1) is 5.92 Å². The number of piperidine rings is 1. The third-order valence-electron chi connectivity index (χ3n) is 4.16. The van der Waals surface area contributed by atoms with Crippen molar-refractivity contribution in [2.24, 2.45) is 5.92 Å². The van der Waals surface area contributed by atoms with Crippen molar-refractivity contribution in [3.8, 4) is 0 Å². The lowest BCUT2D eigenvalue weighted by atomic mass is 9.71. The summed E-state index contributed by atoms with van der Waals surface area (Å²) < 4.78 is 0. The Morgan fingerprint density at radius 3 is 3.12 bits per heavy atom. The molecule has 1 aromatic heterocycles. The van der Waals surface area contributed by atoms with E-state index in [1.54, 1.807) is 11.3 Å². The van der Waals surface area contributed by atoms with E-state index >= 15 is 0 Å². The third-order valence-corrected chi connectivity index (χ3v) is 5.39. The van der Waals surface area contributed by atoms with Crippen molar-refractivity contribution in [2.45, 2.75) is 37.7 Å². The smallest absolute Gasteiger partial charge is 0.186 e. The van der Waals surface area contributed by atoms with Crippen molar-refractivity contribution in [2.75, 3.05) is 18.0 Å². The van der Waals surface area contributed by atoms with E-state index in [1.165, 1.54) is 12.8 Å². The van der Waals surface area contributed by atoms with Crippen molar-refractivity contribution < 1.29 is 5.11 Å². The number of nitrogens with zero attached hydrogens (tertiary/aromatic N) is 2. The van der Waals surface area contributed by atoms with Crippen LogP contribution in [0.4, 0.5) is 5.13 Å². The monoisotopic (exact) mass is 272 g/mol. The topological polar surface area (TPSA) is 36.4 Å². The standard InChI is InChI=1S/C12H17ClN2OS/c13-10-8-17-11(14-10)15-6-5-12(16)4-2-1-3-9(12)7-15/h8-9,16H,1-7H2. The summed E-state index contributed by atoms with van der Waals surface area (Å²) in [7, 11) is 0. The second kappa shape index (κ2) is 4.41. The second-order valence-electron chi connectivity index (χ2n) is 5.20. The fourth-order valence-electron chi connectivity index (χ4n) is 3.14. The van der Waals surface area contributed by atoms with Gasteiger partial charge in [-0.1, -0.05) is 24.4 Å². The third kappa shape index (κ3) is 2.18. The number of halogens is 1. The molecule has 2 atom stereocenters. The average Bonchev–Trinajstić information content (AvgIpc) is 2.75. The summed E-state index contributed by atoms with van der Waals surface area (Å²) in [4.78, 5) is 6.60. The summed E-state index contributed by atoms with van der Waals surface area (Å²) >= 11 is 7.46. The van der Waals surface area contributed by atoms with Crippen molar-refractivity contribution >= 4 is 28.1 Å². The molecule has 2 unspecified atom stereocenters. The van der Waals surface area contributed by atoms with E-state index < -0.39 is 5.60 Å². The first-order valence-electron chi connectivity index (χ1n) is 6.26. The van der Waals surface area contributed by atoms with Gasteiger partial charge in [0.1, 0.15) is 5.15 Å². The van der Waals surface area contributed by atoms with Gasteiger partial charge in [-0.2, -0.15) is 0 Å². The Kier molecular flexibility index (Phi) is 3.05. The molecule has 1 aromatic rings. The highest BCUT2D eigenvalue weighted by molar-refractivity contribution is 7.14. The zero-order valence-electron chi connectivity index (χ0n) is 9.73. The predicted molar refractivity (Wildman–Crippen MR) is 70.9 cm³/mol. The highest BCUT2D eigenvalue weighted by Gasteiger charge is 2.43. The minimum atomic E-state index is -0.407. The zero-order chi connectivity index (χ0) is 11.9. The minimum absolute atomic E-state index is 0.407. The maximum atomic E-state index is 10.6. The second-order valence-corrected chi connectivity index (χ2v) is 6.42. The number of hydrogen-bond acceptors (Lipinski definition) is 4. The van der Waals surface area contributed by atoms with Crippen LogP contribution >= 0.6 is 22.9 Å². The average molecular weight is 273 g/mol. The maximum absolute atomic E-state index is 10.6. The molecule has 0 bridgehead atoms. The Bertz CT molecular complexity index is 411. The van der Waals surface area contributed by atoms with Crippen LogP contribution in [0.2, 0.25) is 5.15 Å². The van der Waals surface area contributed by atoms with Crippen LogP contribution in [0.3, 0.4) is 0 Å². The number of aliphatic hydroxyl groups is 1. The van der Waals surface area contributed by atoms with Crippen LogP contribution in [0.5, 0.6) is 0 Å². The van der Waals surface area contributed by atoms with Gasteiger partial charge in [-0.15, -0.1) is 11.3 Å². The molecule has 1 saturated carbocycles. The van der Waals surface area contributed by atoms with E-state index in [2.05, 4.69) is 9.88 Å². The van der Waals surface area contributed by atoms with Gasteiger partial charge in [-0.05, 0) is 19.3 Å². The highest BCUT2D eigenvalue weighted by Crippen LogP contribution is 2.41. The summed E-state index contributed by atoms with van der Waals surface area (Å²) in [5.41, 5.74) is -0.407. The summed E-state index contributed by atoms with van der Waals surface area (Å²) in [6, 6.07) is 0. The highest BCUT2D eigenvalue weighted by atomic mass is 35.5. The molecule has 0 aromatic carbocycles. The molecule has 17 heavy (non-hydrogen) atoms. The molecule has 0 radical (unpaired) electrons. The van der Waals surface area contributed by atoms with E-state index in [0.29, 0.717) is 11.1 Å². The van der Waals surface area contributed by atoms with Gasteiger partial charge in [-0.25, -0.2) is 4.98 Å². The van der Waals surface area contributed by atoms with Crippen LogP contribution in [0.15, 0.2) is 5.38 Å². The summed E-state index contributed by atoms with van der Waals surface area (Å²) in [6.45, 7) is 1.83. The minimum Gasteiger partial charge on any atom is -0.389 e. The summed E-state index contributed by atoms with van der Waals surface area (Å²) in [6.07, 6.45) is 5.42. The molecule has 94 valence electrons. The van der Waals surface area contributed by atoms with Crippen LogP contribution in [-0.2, 0) is 0 Å². The first-order valence-corrected chi connectivity index (χ1v) is 7.51. The maximum Gasteiger partial charge on any atom is 0.186 e. The molecule has 3 rings (SSSR count). The Morgan fingerprint density at radius 1 is 1.47 bits per heavy atom. The molecule has 0 amide bonds. The molecule has 2 aliphatic rings. The lowest BCUT2D eigenvalue weighted by Crippen LogP contribution is -2.53. The molecule has 1 N–H and O–H groups in total. The number of thiazole rings is 1. The largest absolute Gasteiger partial charge is 0.389 e. The van der Waals surface area contributed by atoms with E-state index in [-0.39, 0.29) is 0 Å². The molecule has 1 aliphatic carbocycles. The molecular formula is C12H17ClN2OS. The van der Waals surface area contributed by atoms with Crippen molar-refractivity contribution in [1.82, 2.24) is 4.98 Å².